The molecular weight excluding hydrogens is 454 g/mol. The number of fused-ring (bicyclic) bond motifs is 1. The van der Waals surface area contributed by atoms with Crippen molar-refractivity contribution in [3.05, 3.63) is 64.1 Å². The molecule has 2 heterocycles. The average Bonchev–Trinajstić information content (AvgIpc) is 3.51. The van der Waals surface area contributed by atoms with Crippen molar-refractivity contribution in [1.29, 1.82) is 0 Å². The molecule has 0 aromatic heterocycles. The molecular formula is C25H28BrN3O2. The van der Waals surface area contributed by atoms with Crippen molar-refractivity contribution in [2.75, 3.05) is 25.0 Å². The molecule has 3 atom stereocenters. The second-order valence-corrected chi connectivity index (χ2v) is 10.0. The summed E-state index contributed by atoms with van der Waals surface area (Å²) in [5.74, 6) is 0.616. The molecule has 0 bridgehead atoms. The molecule has 0 radical (unpaired) electrons. The zero-order valence-electron chi connectivity index (χ0n) is 17.5. The van der Waals surface area contributed by atoms with Crippen LogP contribution >= 0.6 is 15.9 Å². The van der Waals surface area contributed by atoms with E-state index in [1.165, 1.54) is 5.56 Å². The van der Waals surface area contributed by atoms with Crippen LogP contribution in [0.25, 0.3) is 0 Å². The SMILES string of the molecule is O=C1C[C@H](C(=O)N(C[C@@H]2CNC[C@@H]2Cc2cccc(Br)c2)C2CC2)c2ccccc2N1. The van der Waals surface area contributed by atoms with Gasteiger partial charge in [-0.3, -0.25) is 9.59 Å². The van der Waals surface area contributed by atoms with Gasteiger partial charge in [-0.1, -0.05) is 46.3 Å². The van der Waals surface area contributed by atoms with Gasteiger partial charge < -0.3 is 15.5 Å². The molecule has 31 heavy (non-hydrogen) atoms. The van der Waals surface area contributed by atoms with Gasteiger partial charge in [0, 0.05) is 29.2 Å². The Bertz CT molecular complexity index is 990. The van der Waals surface area contributed by atoms with Gasteiger partial charge in [0.15, 0.2) is 0 Å². The summed E-state index contributed by atoms with van der Waals surface area (Å²) in [6.45, 7) is 2.70. The van der Waals surface area contributed by atoms with E-state index >= 15 is 0 Å². The molecule has 1 saturated heterocycles. The topological polar surface area (TPSA) is 61.4 Å². The van der Waals surface area contributed by atoms with Crippen molar-refractivity contribution in [3.8, 4) is 0 Å². The summed E-state index contributed by atoms with van der Waals surface area (Å²) in [7, 11) is 0. The molecule has 5 rings (SSSR count). The molecule has 1 aliphatic carbocycles. The molecule has 0 unspecified atom stereocenters. The van der Waals surface area contributed by atoms with Gasteiger partial charge in [-0.15, -0.1) is 0 Å². The van der Waals surface area contributed by atoms with Crippen molar-refractivity contribution in [1.82, 2.24) is 10.2 Å². The van der Waals surface area contributed by atoms with E-state index in [4.69, 9.17) is 0 Å². The summed E-state index contributed by atoms with van der Waals surface area (Å²) in [4.78, 5) is 28.1. The standard InChI is InChI=1S/C25H28BrN3O2/c26-19-5-3-4-16(11-19)10-17-13-27-14-18(17)15-29(20-8-9-20)25(31)22-12-24(30)28-23-7-2-1-6-21(22)23/h1-7,11,17-18,20,22,27H,8-10,12-15H2,(H,28,30)/t17-,18-,22-/m0/s1. The van der Waals surface area contributed by atoms with Crippen molar-refractivity contribution in [3.63, 3.8) is 0 Å². The molecule has 2 N–H and O–H groups in total. The number of halogens is 1. The van der Waals surface area contributed by atoms with Crippen LogP contribution in [0.4, 0.5) is 5.69 Å². The van der Waals surface area contributed by atoms with Crippen LogP contribution in [0, 0.1) is 11.8 Å². The van der Waals surface area contributed by atoms with Gasteiger partial charge in [-0.25, -0.2) is 0 Å². The molecule has 2 aliphatic heterocycles. The first-order valence-corrected chi connectivity index (χ1v) is 12.0. The van der Waals surface area contributed by atoms with Crippen molar-refractivity contribution < 1.29 is 9.59 Å². The molecule has 5 nitrogen and oxygen atoms in total. The minimum absolute atomic E-state index is 0.0668. The molecule has 2 amide bonds. The van der Waals surface area contributed by atoms with Gasteiger partial charge in [0.2, 0.25) is 11.8 Å². The lowest BCUT2D eigenvalue weighted by Gasteiger charge is -2.33. The predicted molar refractivity (Wildman–Crippen MR) is 125 cm³/mol. The number of rotatable bonds is 6. The number of nitrogens with one attached hydrogen (secondary N) is 2. The lowest BCUT2D eigenvalue weighted by Crippen LogP contribution is -2.43. The highest BCUT2D eigenvalue weighted by atomic mass is 79.9. The van der Waals surface area contributed by atoms with Gasteiger partial charge in [0.1, 0.15) is 0 Å². The van der Waals surface area contributed by atoms with Crippen LogP contribution in [0.2, 0.25) is 0 Å². The van der Waals surface area contributed by atoms with E-state index in [0.29, 0.717) is 17.9 Å². The van der Waals surface area contributed by atoms with Crippen molar-refractivity contribution in [2.24, 2.45) is 11.8 Å². The van der Waals surface area contributed by atoms with Crippen LogP contribution in [-0.2, 0) is 16.0 Å². The van der Waals surface area contributed by atoms with Crippen LogP contribution in [0.5, 0.6) is 0 Å². The molecule has 0 spiro atoms. The fourth-order valence-electron chi connectivity index (χ4n) is 5.10. The fourth-order valence-corrected chi connectivity index (χ4v) is 5.54. The Hall–Kier alpha value is -2.18. The molecule has 2 fully saturated rings. The van der Waals surface area contributed by atoms with Crippen molar-refractivity contribution in [2.45, 2.75) is 37.6 Å². The number of para-hydroxylation sites is 1. The molecule has 1 saturated carbocycles. The molecule has 2 aromatic carbocycles. The van der Waals surface area contributed by atoms with E-state index in [0.717, 1.165) is 54.6 Å². The van der Waals surface area contributed by atoms with E-state index in [1.54, 1.807) is 0 Å². The second kappa shape index (κ2) is 8.75. The number of hydrogen-bond donors (Lipinski definition) is 2. The summed E-state index contributed by atoms with van der Waals surface area (Å²) in [5.41, 5.74) is 3.06. The summed E-state index contributed by atoms with van der Waals surface area (Å²) in [5, 5.41) is 6.47. The second-order valence-electron chi connectivity index (χ2n) is 9.13. The number of hydrogen-bond acceptors (Lipinski definition) is 3. The number of anilines is 1. The Morgan fingerprint density at radius 2 is 1.87 bits per heavy atom. The van der Waals surface area contributed by atoms with Crippen LogP contribution in [0.15, 0.2) is 53.0 Å². The minimum atomic E-state index is -0.372. The smallest absolute Gasteiger partial charge is 0.230 e. The molecule has 2 aromatic rings. The molecule has 6 heteroatoms. The third-order valence-electron chi connectivity index (χ3n) is 6.87. The zero-order chi connectivity index (χ0) is 21.4. The fraction of sp³-hybridized carbons (Fsp3) is 0.440. The Morgan fingerprint density at radius 3 is 2.68 bits per heavy atom. The Kier molecular flexibility index (Phi) is 5.85. The van der Waals surface area contributed by atoms with Gasteiger partial charge in [0.05, 0.1) is 5.92 Å². The lowest BCUT2D eigenvalue weighted by atomic mass is 9.87. The highest BCUT2D eigenvalue weighted by Crippen LogP contribution is 2.38. The Morgan fingerprint density at radius 1 is 1.06 bits per heavy atom. The van der Waals surface area contributed by atoms with E-state index in [2.05, 4.69) is 55.7 Å². The highest BCUT2D eigenvalue weighted by molar-refractivity contribution is 9.10. The van der Waals surface area contributed by atoms with E-state index in [9.17, 15) is 9.59 Å². The van der Waals surface area contributed by atoms with Crippen LogP contribution in [0.3, 0.4) is 0 Å². The third kappa shape index (κ3) is 4.55. The van der Waals surface area contributed by atoms with Crippen LogP contribution < -0.4 is 10.6 Å². The Balaban J connectivity index is 1.33. The van der Waals surface area contributed by atoms with E-state index in [-0.39, 0.29) is 24.2 Å². The number of amides is 2. The van der Waals surface area contributed by atoms with Gasteiger partial charge in [-0.2, -0.15) is 0 Å². The first-order chi connectivity index (χ1) is 15.1. The average molecular weight is 482 g/mol. The zero-order valence-corrected chi connectivity index (χ0v) is 19.1. The first kappa shape index (κ1) is 20.7. The van der Waals surface area contributed by atoms with E-state index < -0.39 is 0 Å². The van der Waals surface area contributed by atoms with Crippen LogP contribution in [0.1, 0.15) is 36.3 Å². The van der Waals surface area contributed by atoms with Gasteiger partial charge >= 0.3 is 0 Å². The number of carbonyl (C=O) groups excluding carboxylic acids is 2. The monoisotopic (exact) mass is 481 g/mol. The number of carbonyl (C=O) groups is 2. The van der Waals surface area contributed by atoms with Crippen LogP contribution in [-0.4, -0.2) is 42.4 Å². The maximum absolute atomic E-state index is 13.7. The minimum Gasteiger partial charge on any atom is -0.339 e. The third-order valence-corrected chi connectivity index (χ3v) is 7.36. The Labute approximate surface area is 191 Å². The summed E-state index contributed by atoms with van der Waals surface area (Å²) in [6, 6.07) is 16.6. The predicted octanol–water partition coefficient (Wildman–Crippen LogP) is 3.94. The maximum atomic E-state index is 13.7. The maximum Gasteiger partial charge on any atom is 0.230 e. The van der Waals surface area contributed by atoms with Gasteiger partial charge in [0.25, 0.3) is 0 Å². The normalized spacial score (nSPS) is 25.1. The quantitative estimate of drug-likeness (QED) is 0.656. The number of nitrogens with zero attached hydrogens (tertiary/aromatic N) is 1. The molecule has 3 aliphatic rings. The first-order valence-electron chi connectivity index (χ1n) is 11.2. The van der Waals surface area contributed by atoms with Crippen molar-refractivity contribution >= 4 is 33.4 Å². The van der Waals surface area contributed by atoms with E-state index in [1.807, 2.05) is 24.3 Å². The summed E-state index contributed by atoms with van der Waals surface area (Å²) in [6.07, 6.45) is 3.40. The molecule has 162 valence electrons. The summed E-state index contributed by atoms with van der Waals surface area (Å²) < 4.78 is 1.11. The summed E-state index contributed by atoms with van der Waals surface area (Å²) >= 11 is 3.57. The highest BCUT2D eigenvalue weighted by Gasteiger charge is 2.41. The van der Waals surface area contributed by atoms with Gasteiger partial charge in [-0.05, 0) is 73.5 Å². The lowest BCUT2D eigenvalue weighted by molar-refractivity contribution is -0.136. The number of benzene rings is 2. The largest absolute Gasteiger partial charge is 0.339 e.